The Morgan fingerprint density at radius 3 is 2.91 bits per heavy atom. The second kappa shape index (κ2) is 3.39. The van der Waals surface area contributed by atoms with Crippen molar-refractivity contribution < 1.29 is 4.74 Å². The summed E-state index contributed by atoms with van der Waals surface area (Å²) in [6, 6.07) is 0. The van der Waals surface area contributed by atoms with E-state index in [-0.39, 0.29) is 0 Å². The third-order valence-electron chi connectivity index (χ3n) is 1.60. The highest BCUT2D eigenvalue weighted by Gasteiger charge is 2.06. The molecule has 0 fully saturated rings. The molecule has 0 aliphatic rings. The maximum absolute atomic E-state index is 5.01. The highest BCUT2D eigenvalue weighted by atomic mass is 16.5. The van der Waals surface area contributed by atoms with Crippen molar-refractivity contribution in [1.82, 2.24) is 10.2 Å². The normalized spacial score (nSPS) is 10.1. The molecule has 0 unspecified atom stereocenters. The fourth-order valence-electron chi connectivity index (χ4n) is 0.980. The van der Waals surface area contributed by atoms with Gasteiger partial charge in [0.05, 0.1) is 6.61 Å². The molecule has 0 aliphatic heterocycles. The van der Waals surface area contributed by atoms with Crippen LogP contribution in [0.3, 0.4) is 0 Å². The number of hydrogen-bond acceptors (Lipinski definition) is 3. The smallest absolute Gasteiger partial charge is 0.153 e. The van der Waals surface area contributed by atoms with Gasteiger partial charge < -0.3 is 10.1 Å². The van der Waals surface area contributed by atoms with Crippen LogP contribution in [0.4, 0.5) is 5.82 Å². The maximum Gasteiger partial charge on any atom is 0.153 e. The molecule has 1 heterocycles. The van der Waals surface area contributed by atoms with Crippen LogP contribution in [0.1, 0.15) is 11.3 Å². The SMILES string of the molecule is CNc1n[nH]c(C)c1COC. The van der Waals surface area contributed by atoms with Gasteiger partial charge in [0.2, 0.25) is 0 Å². The third-order valence-corrected chi connectivity index (χ3v) is 1.60. The summed E-state index contributed by atoms with van der Waals surface area (Å²) in [7, 11) is 3.51. The number of nitrogens with one attached hydrogen (secondary N) is 2. The van der Waals surface area contributed by atoms with Crippen molar-refractivity contribution >= 4 is 5.82 Å². The van der Waals surface area contributed by atoms with Crippen molar-refractivity contribution in [3.63, 3.8) is 0 Å². The van der Waals surface area contributed by atoms with Crippen molar-refractivity contribution in [3.8, 4) is 0 Å². The van der Waals surface area contributed by atoms with Crippen molar-refractivity contribution in [2.45, 2.75) is 13.5 Å². The Balaban J connectivity index is 2.88. The fraction of sp³-hybridized carbons (Fsp3) is 0.571. The molecule has 0 aliphatic carbocycles. The minimum absolute atomic E-state index is 0.596. The molecule has 1 rings (SSSR count). The molecule has 0 saturated carbocycles. The number of rotatable bonds is 3. The second-order valence-corrected chi connectivity index (χ2v) is 2.36. The summed E-state index contributed by atoms with van der Waals surface area (Å²) in [5, 5.41) is 9.90. The van der Waals surface area contributed by atoms with Crippen molar-refractivity contribution in [2.75, 3.05) is 19.5 Å². The van der Waals surface area contributed by atoms with Crippen LogP contribution in [0.2, 0.25) is 0 Å². The maximum atomic E-state index is 5.01. The minimum Gasteiger partial charge on any atom is -0.380 e. The molecule has 4 nitrogen and oxygen atoms in total. The zero-order valence-corrected chi connectivity index (χ0v) is 7.06. The Morgan fingerprint density at radius 1 is 1.64 bits per heavy atom. The first kappa shape index (κ1) is 8.07. The van der Waals surface area contributed by atoms with Crippen molar-refractivity contribution in [3.05, 3.63) is 11.3 Å². The molecule has 0 spiro atoms. The van der Waals surface area contributed by atoms with Crippen LogP contribution >= 0.6 is 0 Å². The first-order valence-electron chi connectivity index (χ1n) is 3.50. The molecular formula is C7H13N3O. The van der Waals surface area contributed by atoms with Crippen LogP contribution in [0, 0.1) is 6.92 Å². The molecular weight excluding hydrogens is 142 g/mol. The number of aromatic nitrogens is 2. The Bertz CT molecular complexity index is 232. The van der Waals surface area contributed by atoms with E-state index in [4.69, 9.17) is 4.74 Å². The van der Waals surface area contributed by atoms with Gasteiger partial charge in [-0.25, -0.2) is 0 Å². The summed E-state index contributed by atoms with van der Waals surface area (Å²) in [4.78, 5) is 0. The number of anilines is 1. The fourth-order valence-corrected chi connectivity index (χ4v) is 0.980. The predicted octanol–water partition coefficient (Wildman–Crippen LogP) is 0.906. The summed E-state index contributed by atoms with van der Waals surface area (Å²) in [5.41, 5.74) is 2.14. The molecule has 0 aromatic carbocycles. The number of methoxy groups -OCH3 is 1. The van der Waals surface area contributed by atoms with Gasteiger partial charge >= 0.3 is 0 Å². The lowest BCUT2D eigenvalue weighted by Crippen LogP contribution is -1.95. The van der Waals surface area contributed by atoms with Crippen LogP contribution in [0.15, 0.2) is 0 Å². The zero-order valence-electron chi connectivity index (χ0n) is 7.06. The molecule has 0 radical (unpaired) electrons. The second-order valence-electron chi connectivity index (χ2n) is 2.36. The highest BCUT2D eigenvalue weighted by molar-refractivity contribution is 5.45. The first-order valence-corrected chi connectivity index (χ1v) is 3.50. The molecule has 0 amide bonds. The van der Waals surface area contributed by atoms with Gasteiger partial charge in [0.25, 0.3) is 0 Å². The van der Waals surface area contributed by atoms with Gasteiger partial charge in [-0.1, -0.05) is 0 Å². The van der Waals surface area contributed by atoms with E-state index in [1.54, 1.807) is 7.11 Å². The predicted molar refractivity (Wildman–Crippen MR) is 43.6 cm³/mol. The van der Waals surface area contributed by atoms with E-state index in [1.165, 1.54) is 0 Å². The Labute approximate surface area is 66.0 Å². The van der Waals surface area contributed by atoms with E-state index < -0.39 is 0 Å². The molecule has 11 heavy (non-hydrogen) atoms. The van der Waals surface area contributed by atoms with Gasteiger partial charge in [-0.3, -0.25) is 5.10 Å². The van der Waals surface area contributed by atoms with Gasteiger partial charge in [0.15, 0.2) is 5.82 Å². The van der Waals surface area contributed by atoms with Gasteiger partial charge in [-0.15, -0.1) is 0 Å². The number of ether oxygens (including phenoxy) is 1. The van der Waals surface area contributed by atoms with E-state index in [0.29, 0.717) is 6.61 Å². The molecule has 4 heteroatoms. The Hall–Kier alpha value is -1.03. The molecule has 1 aromatic rings. The quantitative estimate of drug-likeness (QED) is 0.682. The zero-order chi connectivity index (χ0) is 8.27. The van der Waals surface area contributed by atoms with E-state index in [0.717, 1.165) is 17.1 Å². The molecule has 0 saturated heterocycles. The Morgan fingerprint density at radius 2 is 2.36 bits per heavy atom. The van der Waals surface area contributed by atoms with Crippen LogP contribution in [0.25, 0.3) is 0 Å². The lowest BCUT2D eigenvalue weighted by atomic mass is 10.2. The van der Waals surface area contributed by atoms with E-state index in [2.05, 4.69) is 15.5 Å². The number of hydrogen-bond donors (Lipinski definition) is 2. The average molecular weight is 155 g/mol. The third kappa shape index (κ3) is 1.51. The van der Waals surface area contributed by atoms with E-state index >= 15 is 0 Å². The van der Waals surface area contributed by atoms with Crippen LogP contribution in [-0.4, -0.2) is 24.4 Å². The average Bonchev–Trinajstić information content (AvgIpc) is 2.34. The number of nitrogens with zero attached hydrogens (tertiary/aromatic N) is 1. The minimum atomic E-state index is 0.596. The van der Waals surface area contributed by atoms with Crippen molar-refractivity contribution in [1.29, 1.82) is 0 Å². The highest BCUT2D eigenvalue weighted by Crippen LogP contribution is 2.15. The summed E-state index contributed by atoms with van der Waals surface area (Å²) in [6.45, 7) is 2.57. The Kier molecular flexibility index (Phi) is 2.48. The standard InChI is InChI=1S/C7H13N3O/c1-5-6(4-11-3)7(8-2)10-9-5/h4H2,1-3H3,(H2,8,9,10). The first-order chi connectivity index (χ1) is 5.29. The number of H-pyrrole nitrogens is 1. The van der Waals surface area contributed by atoms with Gasteiger partial charge in [-0.05, 0) is 6.92 Å². The molecule has 0 atom stereocenters. The molecule has 1 aromatic heterocycles. The number of aromatic amines is 1. The van der Waals surface area contributed by atoms with Gasteiger partial charge in [0, 0.05) is 25.4 Å². The number of aryl methyl sites for hydroxylation is 1. The van der Waals surface area contributed by atoms with Crippen LogP contribution < -0.4 is 5.32 Å². The van der Waals surface area contributed by atoms with Crippen LogP contribution in [0.5, 0.6) is 0 Å². The summed E-state index contributed by atoms with van der Waals surface area (Å²) in [6.07, 6.45) is 0. The monoisotopic (exact) mass is 155 g/mol. The lowest BCUT2D eigenvalue weighted by Gasteiger charge is -2.00. The van der Waals surface area contributed by atoms with E-state index in [1.807, 2.05) is 14.0 Å². The lowest BCUT2D eigenvalue weighted by molar-refractivity contribution is 0.185. The summed E-state index contributed by atoms with van der Waals surface area (Å²) in [5.74, 6) is 0.865. The molecule has 2 N–H and O–H groups in total. The molecule has 0 bridgehead atoms. The topological polar surface area (TPSA) is 49.9 Å². The summed E-state index contributed by atoms with van der Waals surface area (Å²) < 4.78 is 5.01. The van der Waals surface area contributed by atoms with Gasteiger partial charge in [-0.2, -0.15) is 5.10 Å². The molecule has 62 valence electrons. The van der Waals surface area contributed by atoms with Crippen molar-refractivity contribution in [2.24, 2.45) is 0 Å². The van der Waals surface area contributed by atoms with Crippen LogP contribution in [-0.2, 0) is 11.3 Å². The summed E-state index contributed by atoms with van der Waals surface area (Å²) >= 11 is 0. The van der Waals surface area contributed by atoms with E-state index in [9.17, 15) is 0 Å². The largest absolute Gasteiger partial charge is 0.380 e. The van der Waals surface area contributed by atoms with Gasteiger partial charge in [0.1, 0.15) is 0 Å².